The van der Waals surface area contributed by atoms with E-state index in [-0.39, 0.29) is 30.4 Å². The molecule has 26 heavy (non-hydrogen) atoms. The van der Waals surface area contributed by atoms with Gasteiger partial charge in [0.15, 0.2) is 5.96 Å². The lowest BCUT2D eigenvalue weighted by atomic mass is 10.2. The predicted molar refractivity (Wildman–Crippen MR) is 91.8 cm³/mol. The predicted octanol–water partition coefficient (Wildman–Crippen LogP) is 2.98. The quantitative estimate of drug-likeness (QED) is 0.454. The van der Waals surface area contributed by atoms with Crippen LogP contribution in [0.4, 0.5) is 13.2 Å². The number of hydrogen-bond acceptors (Lipinski definition) is 4. The molecule has 0 aliphatic heterocycles. The van der Waals surface area contributed by atoms with Gasteiger partial charge in [0, 0.05) is 12.1 Å². The number of ether oxygens (including phenoxy) is 2. The molecule has 0 bridgehead atoms. The highest BCUT2D eigenvalue weighted by molar-refractivity contribution is 5.84. The molecule has 1 rings (SSSR count). The molecule has 146 valence electrons. The van der Waals surface area contributed by atoms with Crippen LogP contribution >= 0.6 is 0 Å². The third kappa shape index (κ3) is 9.14. The first-order valence-corrected chi connectivity index (χ1v) is 8.08. The van der Waals surface area contributed by atoms with E-state index in [0.29, 0.717) is 6.54 Å². The van der Waals surface area contributed by atoms with Gasteiger partial charge in [0.1, 0.15) is 17.9 Å². The van der Waals surface area contributed by atoms with Crippen LogP contribution in [0.1, 0.15) is 33.3 Å². The minimum Gasteiger partial charge on any atom is -0.459 e. The molecule has 1 aromatic carbocycles. The Morgan fingerprint density at radius 1 is 1.15 bits per heavy atom. The minimum absolute atomic E-state index is 0.0596. The summed E-state index contributed by atoms with van der Waals surface area (Å²) in [6, 6.07) is 5.75. The Balaban J connectivity index is 2.77. The Kier molecular flexibility index (Phi) is 7.73. The fourth-order valence-electron chi connectivity index (χ4n) is 1.90. The fraction of sp³-hybridized carbons (Fsp3) is 0.529. The van der Waals surface area contributed by atoms with E-state index >= 15 is 0 Å². The van der Waals surface area contributed by atoms with Gasteiger partial charge in [-0.3, -0.25) is 4.79 Å². The van der Waals surface area contributed by atoms with E-state index in [9.17, 15) is 18.0 Å². The number of guanidine groups is 1. The molecule has 0 aromatic heterocycles. The van der Waals surface area contributed by atoms with Crippen molar-refractivity contribution in [2.24, 2.45) is 4.99 Å². The van der Waals surface area contributed by atoms with Crippen molar-refractivity contribution in [1.29, 1.82) is 0 Å². The van der Waals surface area contributed by atoms with Gasteiger partial charge in [-0.05, 0) is 33.8 Å². The number of nitrogens with one attached hydrogen (secondary N) is 2. The molecule has 0 radical (unpaired) electrons. The first-order chi connectivity index (χ1) is 12.0. The van der Waals surface area contributed by atoms with Crippen molar-refractivity contribution in [3.8, 4) is 5.75 Å². The Labute approximate surface area is 150 Å². The maximum Gasteiger partial charge on any atom is 0.573 e. The molecule has 0 heterocycles. The summed E-state index contributed by atoms with van der Waals surface area (Å²) in [4.78, 5) is 15.9. The van der Waals surface area contributed by atoms with Crippen LogP contribution in [0.15, 0.2) is 29.3 Å². The fourth-order valence-corrected chi connectivity index (χ4v) is 1.90. The summed E-state index contributed by atoms with van der Waals surface area (Å²) in [6.07, 6.45) is -4.78. The number of aliphatic imine (C=N–C) groups is 1. The number of rotatable bonds is 6. The Morgan fingerprint density at radius 2 is 1.81 bits per heavy atom. The van der Waals surface area contributed by atoms with E-state index < -0.39 is 17.9 Å². The van der Waals surface area contributed by atoms with Crippen LogP contribution in [0.5, 0.6) is 5.75 Å². The molecule has 0 amide bonds. The van der Waals surface area contributed by atoms with Crippen LogP contribution in [0.3, 0.4) is 0 Å². The maximum absolute atomic E-state index is 12.5. The van der Waals surface area contributed by atoms with E-state index in [4.69, 9.17) is 4.74 Å². The largest absolute Gasteiger partial charge is 0.573 e. The highest BCUT2D eigenvalue weighted by Crippen LogP contribution is 2.26. The Hall–Kier alpha value is -2.45. The summed E-state index contributed by atoms with van der Waals surface area (Å²) >= 11 is 0. The van der Waals surface area contributed by atoms with Gasteiger partial charge in [-0.25, -0.2) is 4.99 Å². The van der Waals surface area contributed by atoms with Gasteiger partial charge < -0.3 is 20.1 Å². The molecule has 9 heteroatoms. The van der Waals surface area contributed by atoms with Crippen LogP contribution < -0.4 is 15.4 Å². The summed E-state index contributed by atoms with van der Waals surface area (Å²) in [5.41, 5.74) is -0.346. The van der Waals surface area contributed by atoms with Crippen molar-refractivity contribution in [2.75, 3.05) is 13.1 Å². The van der Waals surface area contributed by atoms with Gasteiger partial charge in [-0.1, -0.05) is 18.2 Å². The van der Waals surface area contributed by atoms with Crippen molar-refractivity contribution >= 4 is 11.9 Å². The van der Waals surface area contributed by atoms with Gasteiger partial charge in [0.05, 0.1) is 6.54 Å². The number of alkyl halides is 3. The number of benzene rings is 1. The third-order valence-electron chi connectivity index (χ3n) is 2.77. The van der Waals surface area contributed by atoms with Gasteiger partial charge in [-0.2, -0.15) is 0 Å². The SMILES string of the molecule is CCNC(=NCc1ccccc1OC(F)(F)F)NCC(=O)OC(C)(C)C. The van der Waals surface area contributed by atoms with E-state index in [1.54, 1.807) is 26.8 Å². The average molecular weight is 375 g/mol. The normalized spacial score (nSPS) is 12.5. The van der Waals surface area contributed by atoms with Crippen LogP contribution in [-0.4, -0.2) is 37.0 Å². The molecular formula is C17H24F3N3O3. The number of carbonyl (C=O) groups excluding carboxylic acids is 1. The highest BCUT2D eigenvalue weighted by atomic mass is 19.4. The van der Waals surface area contributed by atoms with Crippen LogP contribution in [-0.2, 0) is 16.1 Å². The molecule has 0 unspecified atom stereocenters. The summed E-state index contributed by atoms with van der Waals surface area (Å²) in [5, 5.41) is 5.69. The number of para-hydroxylation sites is 1. The van der Waals surface area contributed by atoms with Crippen molar-refractivity contribution < 1.29 is 27.4 Å². The van der Waals surface area contributed by atoms with Crippen molar-refractivity contribution in [3.63, 3.8) is 0 Å². The first-order valence-electron chi connectivity index (χ1n) is 8.08. The average Bonchev–Trinajstić information content (AvgIpc) is 2.48. The van der Waals surface area contributed by atoms with E-state index in [1.165, 1.54) is 18.2 Å². The smallest absolute Gasteiger partial charge is 0.459 e. The summed E-state index contributed by atoms with van der Waals surface area (Å²) in [6.45, 7) is 7.41. The third-order valence-corrected chi connectivity index (χ3v) is 2.77. The molecule has 0 aliphatic rings. The standard InChI is InChI=1S/C17H24F3N3O3/c1-5-21-15(23-11-14(24)26-16(2,3)4)22-10-12-8-6-7-9-13(12)25-17(18,19)20/h6-9H,5,10-11H2,1-4H3,(H2,21,22,23). The number of halogens is 3. The lowest BCUT2D eigenvalue weighted by Crippen LogP contribution is -2.41. The number of nitrogens with zero attached hydrogens (tertiary/aromatic N) is 1. The lowest BCUT2D eigenvalue weighted by Gasteiger charge is -2.20. The molecule has 1 aromatic rings. The second kappa shape index (κ2) is 9.30. The summed E-state index contributed by atoms with van der Waals surface area (Å²) < 4.78 is 46.5. The molecule has 0 fully saturated rings. The Morgan fingerprint density at radius 3 is 2.38 bits per heavy atom. The van der Waals surface area contributed by atoms with Crippen LogP contribution in [0.25, 0.3) is 0 Å². The van der Waals surface area contributed by atoms with Crippen molar-refractivity contribution in [3.05, 3.63) is 29.8 Å². The van der Waals surface area contributed by atoms with Gasteiger partial charge in [0.2, 0.25) is 0 Å². The van der Waals surface area contributed by atoms with Crippen LogP contribution in [0, 0.1) is 0 Å². The molecule has 0 spiro atoms. The van der Waals surface area contributed by atoms with Crippen molar-refractivity contribution in [1.82, 2.24) is 10.6 Å². The van der Waals surface area contributed by atoms with E-state index in [1.807, 2.05) is 6.92 Å². The minimum atomic E-state index is -4.78. The van der Waals surface area contributed by atoms with Gasteiger partial charge in [-0.15, -0.1) is 13.2 Å². The zero-order chi connectivity index (χ0) is 19.8. The number of carbonyl (C=O) groups is 1. The summed E-state index contributed by atoms with van der Waals surface area (Å²) in [7, 11) is 0. The zero-order valence-electron chi connectivity index (χ0n) is 15.2. The van der Waals surface area contributed by atoms with Gasteiger partial charge >= 0.3 is 12.3 Å². The van der Waals surface area contributed by atoms with Crippen LogP contribution in [0.2, 0.25) is 0 Å². The monoisotopic (exact) mass is 375 g/mol. The van der Waals surface area contributed by atoms with E-state index in [0.717, 1.165) is 0 Å². The topological polar surface area (TPSA) is 72.0 Å². The molecule has 2 N–H and O–H groups in total. The molecule has 0 saturated carbocycles. The maximum atomic E-state index is 12.5. The molecule has 0 saturated heterocycles. The molecule has 6 nitrogen and oxygen atoms in total. The van der Waals surface area contributed by atoms with E-state index in [2.05, 4.69) is 20.4 Å². The highest BCUT2D eigenvalue weighted by Gasteiger charge is 2.31. The lowest BCUT2D eigenvalue weighted by molar-refractivity contribution is -0.274. The molecular weight excluding hydrogens is 351 g/mol. The molecule has 0 aliphatic carbocycles. The van der Waals surface area contributed by atoms with Gasteiger partial charge in [0.25, 0.3) is 0 Å². The zero-order valence-corrected chi connectivity index (χ0v) is 15.2. The number of esters is 1. The van der Waals surface area contributed by atoms with Crippen molar-refractivity contribution in [2.45, 2.75) is 46.2 Å². The molecule has 0 atom stereocenters. The number of hydrogen-bond donors (Lipinski definition) is 2. The Bertz CT molecular complexity index is 626. The summed E-state index contributed by atoms with van der Waals surface area (Å²) in [5.74, 6) is -0.504. The first kappa shape index (κ1) is 21.6. The second-order valence-electron chi connectivity index (χ2n) is 6.29. The second-order valence-corrected chi connectivity index (χ2v) is 6.29.